The molecule has 2 aromatic rings. The molecule has 0 atom stereocenters. The summed E-state index contributed by atoms with van der Waals surface area (Å²) in [5, 5.41) is 14.8. The maximum atomic E-state index is 12.6. The Morgan fingerprint density at radius 1 is 1.37 bits per heavy atom. The molecule has 27 heavy (non-hydrogen) atoms. The fourth-order valence-electron chi connectivity index (χ4n) is 3.38. The Bertz CT molecular complexity index is 755. The van der Waals surface area contributed by atoms with Crippen molar-refractivity contribution in [1.29, 1.82) is 0 Å². The summed E-state index contributed by atoms with van der Waals surface area (Å²) in [7, 11) is 3.41. The first-order valence-electron chi connectivity index (χ1n) is 9.48. The van der Waals surface area contributed by atoms with Crippen molar-refractivity contribution in [1.82, 2.24) is 25.7 Å². The summed E-state index contributed by atoms with van der Waals surface area (Å²) in [6.45, 7) is 4.25. The van der Waals surface area contributed by atoms with Gasteiger partial charge in [-0.25, -0.2) is 0 Å². The van der Waals surface area contributed by atoms with Gasteiger partial charge in [0.2, 0.25) is 0 Å². The van der Waals surface area contributed by atoms with Crippen molar-refractivity contribution in [2.45, 2.75) is 19.4 Å². The molecule has 3 N–H and O–H groups in total. The average molecular weight is 375 g/mol. The molecular formula is C19H29N5O3. The van der Waals surface area contributed by atoms with Gasteiger partial charge in [0.15, 0.2) is 0 Å². The fraction of sp³-hybridized carbons (Fsp3) is 0.579. The molecule has 1 aromatic heterocycles. The predicted molar refractivity (Wildman–Crippen MR) is 104 cm³/mol. The van der Waals surface area contributed by atoms with E-state index in [1.54, 1.807) is 20.2 Å². The maximum absolute atomic E-state index is 12.6. The van der Waals surface area contributed by atoms with E-state index >= 15 is 0 Å². The molecule has 2 heterocycles. The molecule has 0 unspecified atom stereocenters. The van der Waals surface area contributed by atoms with Crippen LogP contribution in [0.3, 0.4) is 0 Å². The number of amides is 1. The second-order valence-corrected chi connectivity index (χ2v) is 6.81. The molecule has 1 saturated heterocycles. The molecule has 1 fully saturated rings. The van der Waals surface area contributed by atoms with E-state index in [2.05, 4.69) is 16.0 Å². The van der Waals surface area contributed by atoms with Crippen LogP contribution in [0.1, 0.15) is 23.2 Å². The van der Waals surface area contributed by atoms with Gasteiger partial charge >= 0.3 is 0 Å². The summed E-state index contributed by atoms with van der Waals surface area (Å²) in [6.07, 6.45) is 4.31. The number of carbonyl (C=O) groups excluding carboxylic acids is 1. The zero-order valence-electron chi connectivity index (χ0n) is 16.1. The lowest BCUT2D eigenvalue weighted by atomic mass is 9.98. The van der Waals surface area contributed by atoms with Crippen LogP contribution >= 0.6 is 0 Å². The van der Waals surface area contributed by atoms with E-state index < -0.39 is 0 Å². The standard InChI is InChI=1S/C19H29N5O3/c1-20-13-27-18-15(19(25)22-9-10-26-2)3-4-17-16(18)12-24(23-17)11-14-5-7-21-8-6-14/h3-4,12,14,20-21H,5-11,13H2,1-2H3,(H,22,25). The lowest BCUT2D eigenvalue weighted by Gasteiger charge is -2.22. The van der Waals surface area contributed by atoms with Gasteiger partial charge in [0.05, 0.1) is 23.1 Å². The van der Waals surface area contributed by atoms with E-state index in [9.17, 15) is 4.79 Å². The van der Waals surface area contributed by atoms with Crippen molar-refractivity contribution in [3.8, 4) is 5.75 Å². The Hall–Kier alpha value is -2.16. The first-order valence-corrected chi connectivity index (χ1v) is 9.48. The Kier molecular flexibility index (Phi) is 7.03. The van der Waals surface area contributed by atoms with Crippen LogP contribution in [0.25, 0.3) is 10.9 Å². The highest BCUT2D eigenvalue weighted by Gasteiger charge is 2.19. The highest BCUT2D eigenvalue weighted by atomic mass is 16.5. The molecule has 148 valence electrons. The van der Waals surface area contributed by atoms with Crippen molar-refractivity contribution < 1.29 is 14.3 Å². The number of hydrogen-bond donors (Lipinski definition) is 3. The number of methoxy groups -OCH3 is 1. The van der Waals surface area contributed by atoms with Crippen LogP contribution in [0.2, 0.25) is 0 Å². The summed E-state index contributed by atoms with van der Waals surface area (Å²) in [4.78, 5) is 12.6. The van der Waals surface area contributed by atoms with Gasteiger partial charge < -0.3 is 20.1 Å². The van der Waals surface area contributed by atoms with E-state index in [0.717, 1.165) is 43.4 Å². The molecule has 1 aromatic carbocycles. The van der Waals surface area contributed by atoms with E-state index in [0.29, 0.717) is 37.1 Å². The first kappa shape index (κ1) is 19.6. The topological polar surface area (TPSA) is 89.4 Å². The smallest absolute Gasteiger partial charge is 0.255 e. The molecule has 3 rings (SSSR count). The third kappa shape index (κ3) is 4.97. The molecule has 1 aliphatic heterocycles. The van der Waals surface area contributed by atoms with E-state index in [1.807, 2.05) is 16.9 Å². The third-order valence-corrected chi connectivity index (χ3v) is 4.79. The molecule has 1 aliphatic rings. The molecule has 0 spiro atoms. The Morgan fingerprint density at radius 3 is 2.93 bits per heavy atom. The number of fused-ring (bicyclic) bond motifs is 1. The number of aromatic nitrogens is 2. The van der Waals surface area contributed by atoms with Gasteiger partial charge in [-0.3, -0.25) is 14.8 Å². The molecule has 8 heteroatoms. The van der Waals surface area contributed by atoms with Gasteiger partial charge in [0.25, 0.3) is 5.91 Å². The minimum absolute atomic E-state index is 0.175. The second-order valence-electron chi connectivity index (χ2n) is 6.81. The lowest BCUT2D eigenvalue weighted by Crippen LogP contribution is -2.29. The Morgan fingerprint density at radius 2 is 2.19 bits per heavy atom. The fourth-order valence-corrected chi connectivity index (χ4v) is 3.38. The number of benzene rings is 1. The summed E-state index contributed by atoms with van der Waals surface area (Å²) < 4.78 is 12.8. The number of hydrogen-bond acceptors (Lipinski definition) is 6. The van der Waals surface area contributed by atoms with E-state index in [-0.39, 0.29) is 5.91 Å². The Balaban J connectivity index is 1.85. The first-order chi connectivity index (χ1) is 13.2. The quantitative estimate of drug-likeness (QED) is 0.447. The number of carbonyl (C=O) groups is 1. The number of rotatable bonds is 9. The predicted octanol–water partition coefficient (Wildman–Crippen LogP) is 0.968. The Labute approximate surface area is 159 Å². The van der Waals surface area contributed by atoms with Crippen LogP contribution < -0.4 is 20.7 Å². The van der Waals surface area contributed by atoms with Crippen LogP contribution in [0.4, 0.5) is 0 Å². The average Bonchev–Trinajstić information content (AvgIpc) is 3.09. The van der Waals surface area contributed by atoms with Crippen molar-refractivity contribution >= 4 is 16.8 Å². The van der Waals surface area contributed by atoms with Gasteiger partial charge in [0.1, 0.15) is 12.5 Å². The number of nitrogens with zero attached hydrogens (tertiary/aromatic N) is 2. The van der Waals surface area contributed by atoms with E-state index in [4.69, 9.17) is 14.6 Å². The SMILES string of the molecule is CNCOc1c(C(=O)NCCOC)ccc2nn(CC3CCNCC3)cc12. The van der Waals surface area contributed by atoms with Crippen LogP contribution in [0.15, 0.2) is 18.3 Å². The van der Waals surface area contributed by atoms with Crippen molar-refractivity contribution in [3.05, 3.63) is 23.9 Å². The molecule has 0 radical (unpaired) electrons. The summed E-state index contributed by atoms with van der Waals surface area (Å²) in [5.41, 5.74) is 1.35. The normalized spacial score (nSPS) is 15.2. The largest absolute Gasteiger partial charge is 0.477 e. The minimum Gasteiger partial charge on any atom is -0.477 e. The van der Waals surface area contributed by atoms with E-state index in [1.165, 1.54) is 0 Å². The third-order valence-electron chi connectivity index (χ3n) is 4.79. The van der Waals surface area contributed by atoms with Crippen LogP contribution in [0.5, 0.6) is 5.75 Å². The lowest BCUT2D eigenvalue weighted by molar-refractivity contribution is 0.0933. The molecule has 1 amide bonds. The molecular weight excluding hydrogens is 346 g/mol. The van der Waals surface area contributed by atoms with Crippen LogP contribution in [-0.2, 0) is 11.3 Å². The highest BCUT2D eigenvalue weighted by Crippen LogP contribution is 2.30. The van der Waals surface area contributed by atoms with Crippen LogP contribution in [0, 0.1) is 5.92 Å². The molecule has 8 nitrogen and oxygen atoms in total. The summed E-state index contributed by atoms with van der Waals surface area (Å²) in [5.74, 6) is 1.01. The van der Waals surface area contributed by atoms with Crippen molar-refractivity contribution in [2.24, 2.45) is 5.92 Å². The maximum Gasteiger partial charge on any atom is 0.255 e. The number of piperidine rings is 1. The van der Waals surface area contributed by atoms with Crippen LogP contribution in [-0.4, -0.2) is 62.8 Å². The van der Waals surface area contributed by atoms with Gasteiger partial charge in [-0.05, 0) is 51.0 Å². The highest BCUT2D eigenvalue weighted by molar-refractivity contribution is 6.03. The molecule has 0 bridgehead atoms. The zero-order chi connectivity index (χ0) is 19.1. The molecule has 0 saturated carbocycles. The monoisotopic (exact) mass is 375 g/mol. The van der Waals surface area contributed by atoms with Gasteiger partial charge in [0, 0.05) is 26.4 Å². The second kappa shape index (κ2) is 9.68. The summed E-state index contributed by atoms with van der Waals surface area (Å²) in [6, 6.07) is 3.66. The molecule has 0 aliphatic carbocycles. The number of ether oxygens (including phenoxy) is 2. The number of nitrogens with one attached hydrogen (secondary N) is 3. The summed E-state index contributed by atoms with van der Waals surface area (Å²) >= 11 is 0. The van der Waals surface area contributed by atoms with Gasteiger partial charge in [-0.1, -0.05) is 0 Å². The van der Waals surface area contributed by atoms with Gasteiger partial charge in [-0.15, -0.1) is 0 Å². The minimum atomic E-state index is -0.175. The zero-order valence-corrected chi connectivity index (χ0v) is 16.1. The van der Waals surface area contributed by atoms with Crippen molar-refractivity contribution in [3.63, 3.8) is 0 Å². The van der Waals surface area contributed by atoms with Gasteiger partial charge in [-0.2, -0.15) is 5.10 Å². The van der Waals surface area contributed by atoms with Crippen molar-refractivity contribution in [2.75, 3.05) is 47.1 Å².